The number of para-hydroxylation sites is 1. The van der Waals surface area contributed by atoms with E-state index < -0.39 is 15.7 Å². The van der Waals surface area contributed by atoms with Crippen LogP contribution in [0.4, 0.5) is 17.1 Å². The minimum atomic E-state index is -3.44. The van der Waals surface area contributed by atoms with Gasteiger partial charge in [0, 0.05) is 17.5 Å². The maximum atomic E-state index is 12.5. The van der Waals surface area contributed by atoms with Crippen LogP contribution >= 0.6 is 23.2 Å². The van der Waals surface area contributed by atoms with Gasteiger partial charge in [-0.25, -0.2) is 8.42 Å². The number of sulfone groups is 1. The summed E-state index contributed by atoms with van der Waals surface area (Å²) in [5, 5.41) is 8.98. The Bertz CT molecular complexity index is 1280. The molecule has 32 heavy (non-hydrogen) atoms. The van der Waals surface area contributed by atoms with E-state index in [4.69, 9.17) is 23.2 Å². The lowest BCUT2D eigenvalue weighted by molar-refractivity contribution is -0.114. The Balaban J connectivity index is 1.63. The van der Waals surface area contributed by atoms with E-state index in [-0.39, 0.29) is 27.9 Å². The summed E-state index contributed by atoms with van der Waals surface area (Å²) < 4.78 is 23.4. The van der Waals surface area contributed by atoms with Crippen LogP contribution in [0.3, 0.4) is 0 Å². The molecule has 0 aliphatic heterocycles. The summed E-state index contributed by atoms with van der Waals surface area (Å²) in [7, 11) is -3.44. The van der Waals surface area contributed by atoms with Gasteiger partial charge in [0.1, 0.15) is 0 Å². The van der Waals surface area contributed by atoms with Crippen LogP contribution in [-0.2, 0) is 14.6 Å². The van der Waals surface area contributed by atoms with Crippen LogP contribution in [0.2, 0.25) is 10.0 Å². The molecule has 0 saturated carbocycles. The molecule has 0 fully saturated rings. The molecule has 10 heteroatoms. The summed E-state index contributed by atoms with van der Waals surface area (Å²) in [6.07, 6.45) is 1.07. The van der Waals surface area contributed by atoms with Crippen molar-refractivity contribution in [2.24, 2.45) is 0 Å². The third-order valence-electron chi connectivity index (χ3n) is 4.34. The van der Waals surface area contributed by atoms with Gasteiger partial charge < -0.3 is 16.0 Å². The molecule has 0 aliphatic carbocycles. The number of rotatable bonds is 7. The van der Waals surface area contributed by atoms with Crippen molar-refractivity contribution in [2.75, 3.05) is 28.8 Å². The summed E-state index contributed by atoms with van der Waals surface area (Å²) in [5.41, 5.74) is 1.57. The van der Waals surface area contributed by atoms with Crippen LogP contribution in [0.25, 0.3) is 0 Å². The van der Waals surface area contributed by atoms with Gasteiger partial charge in [0.2, 0.25) is 5.91 Å². The molecule has 0 atom stereocenters. The van der Waals surface area contributed by atoms with E-state index in [1.165, 1.54) is 36.4 Å². The van der Waals surface area contributed by atoms with Gasteiger partial charge in [0.05, 0.1) is 32.9 Å². The largest absolute Gasteiger partial charge is 0.375 e. The molecule has 0 heterocycles. The second-order valence-electron chi connectivity index (χ2n) is 6.83. The third-order valence-corrected chi connectivity index (χ3v) is 6.09. The fraction of sp³-hybridized carbons (Fsp3) is 0.0909. The van der Waals surface area contributed by atoms with Crippen molar-refractivity contribution in [2.45, 2.75) is 4.90 Å². The molecular formula is C22H19Cl2N3O4S. The van der Waals surface area contributed by atoms with Crippen molar-refractivity contribution < 1.29 is 18.0 Å². The van der Waals surface area contributed by atoms with E-state index >= 15 is 0 Å². The number of amides is 2. The molecule has 0 aliphatic rings. The van der Waals surface area contributed by atoms with Gasteiger partial charge in [-0.05, 0) is 48.5 Å². The highest BCUT2D eigenvalue weighted by atomic mass is 35.5. The number of carbonyl (C=O) groups is 2. The smallest absolute Gasteiger partial charge is 0.255 e. The van der Waals surface area contributed by atoms with E-state index in [9.17, 15) is 18.0 Å². The number of nitrogens with one attached hydrogen (secondary N) is 3. The van der Waals surface area contributed by atoms with Crippen molar-refractivity contribution >= 4 is 61.9 Å². The topological polar surface area (TPSA) is 104 Å². The third kappa shape index (κ3) is 6.23. The van der Waals surface area contributed by atoms with Gasteiger partial charge in [0.25, 0.3) is 5.91 Å². The lowest BCUT2D eigenvalue weighted by Crippen LogP contribution is -2.22. The first-order valence-electron chi connectivity index (χ1n) is 9.33. The molecule has 0 radical (unpaired) electrons. The second kappa shape index (κ2) is 10.0. The first-order chi connectivity index (χ1) is 15.1. The predicted octanol–water partition coefficient (Wildman–Crippen LogP) is 4.70. The Labute approximate surface area is 195 Å². The molecule has 2 amide bonds. The fourth-order valence-electron chi connectivity index (χ4n) is 2.74. The fourth-order valence-corrected chi connectivity index (χ4v) is 3.84. The van der Waals surface area contributed by atoms with E-state index in [0.29, 0.717) is 22.1 Å². The first kappa shape index (κ1) is 23.6. The van der Waals surface area contributed by atoms with Crippen molar-refractivity contribution in [3.05, 3.63) is 82.3 Å². The molecule has 3 aromatic carbocycles. The summed E-state index contributed by atoms with van der Waals surface area (Å²) in [4.78, 5) is 24.7. The van der Waals surface area contributed by atoms with Crippen LogP contribution in [0.5, 0.6) is 0 Å². The van der Waals surface area contributed by atoms with Crippen molar-refractivity contribution in [1.29, 1.82) is 0 Å². The monoisotopic (exact) mass is 491 g/mol. The lowest BCUT2D eigenvalue weighted by atomic mass is 10.2. The van der Waals surface area contributed by atoms with Crippen LogP contribution in [-0.4, -0.2) is 33.0 Å². The second-order valence-corrected chi connectivity index (χ2v) is 9.66. The zero-order chi connectivity index (χ0) is 23.3. The number of carbonyl (C=O) groups excluding carboxylic acids is 2. The lowest BCUT2D eigenvalue weighted by Gasteiger charge is -2.12. The van der Waals surface area contributed by atoms with E-state index in [1.807, 2.05) is 0 Å². The highest BCUT2D eigenvalue weighted by Gasteiger charge is 2.14. The maximum Gasteiger partial charge on any atom is 0.255 e. The average Bonchev–Trinajstić information content (AvgIpc) is 2.74. The van der Waals surface area contributed by atoms with Gasteiger partial charge in [0.15, 0.2) is 9.84 Å². The van der Waals surface area contributed by atoms with Crippen LogP contribution in [0.1, 0.15) is 10.4 Å². The van der Waals surface area contributed by atoms with Gasteiger partial charge in [-0.15, -0.1) is 0 Å². The summed E-state index contributed by atoms with van der Waals surface area (Å²) in [6, 6.07) is 17.4. The van der Waals surface area contributed by atoms with E-state index in [0.717, 1.165) is 6.26 Å². The summed E-state index contributed by atoms with van der Waals surface area (Å²) >= 11 is 12.3. The van der Waals surface area contributed by atoms with Gasteiger partial charge in [-0.1, -0.05) is 41.4 Å². The minimum absolute atomic E-state index is 0.00346. The number of anilines is 3. The average molecular weight is 492 g/mol. The van der Waals surface area contributed by atoms with Crippen LogP contribution < -0.4 is 16.0 Å². The van der Waals surface area contributed by atoms with E-state index in [1.54, 1.807) is 30.3 Å². The molecular weight excluding hydrogens is 473 g/mol. The predicted molar refractivity (Wildman–Crippen MR) is 128 cm³/mol. The van der Waals surface area contributed by atoms with Crippen LogP contribution in [0, 0.1) is 0 Å². The molecule has 7 nitrogen and oxygen atoms in total. The molecule has 3 aromatic rings. The number of halogens is 2. The quantitative estimate of drug-likeness (QED) is 0.444. The van der Waals surface area contributed by atoms with Crippen molar-refractivity contribution in [3.63, 3.8) is 0 Å². The summed E-state index contributed by atoms with van der Waals surface area (Å²) in [5.74, 6) is -0.825. The normalized spacial score (nSPS) is 11.0. The van der Waals surface area contributed by atoms with Gasteiger partial charge in [-0.2, -0.15) is 0 Å². The maximum absolute atomic E-state index is 12.5. The van der Waals surface area contributed by atoms with Crippen molar-refractivity contribution in [3.8, 4) is 0 Å². The van der Waals surface area contributed by atoms with E-state index in [2.05, 4.69) is 16.0 Å². The number of benzene rings is 3. The first-order valence-corrected chi connectivity index (χ1v) is 12.0. The Morgan fingerprint density at radius 3 is 2.28 bits per heavy atom. The van der Waals surface area contributed by atoms with Gasteiger partial charge >= 0.3 is 0 Å². The van der Waals surface area contributed by atoms with Crippen LogP contribution in [0.15, 0.2) is 71.6 Å². The number of hydrogen-bond acceptors (Lipinski definition) is 5. The SMILES string of the molecule is CS(=O)(=O)c1cccc(C(=O)Nc2ccc(NC(=O)CNc3ccccc3Cl)cc2Cl)c1. The molecule has 3 rings (SSSR count). The minimum Gasteiger partial charge on any atom is -0.375 e. The molecule has 3 N–H and O–H groups in total. The highest BCUT2D eigenvalue weighted by Crippen LogP contribution is 2.26. The zero-order valence-corrected chi connectivity index (χ0v) is 19.2. The summed E-state index contributed by atoms with van der Waals surface area (Å²) in [6.45, 7) is -0.00346. The number of hydrogen-bond donors (Lipinski definition) is 3. The molecule has 0 aromatic heterocycles. The standard InChI is InChI=1S/C22H19Cl2N3O4S/c1-32(30,31)16-6-4-5-14(11-16)22(29)27-20-10-9-15(12-18(20)24)26-21(28)13-25-19-8-3-2-7-17(19)23/h2-12,25H,13H2,1H3,(H,26,28)(H,27,29). The van der Waals surface area contributed by atoms with Crippen molar-refractivity contribution in [1.82, 2.24) is 0 Å². The zero-order valence-electron chi connectivity index (χ0n) is 16.9. The molecule has 166 valence electrons. The Morgan fingerprint density at radius 1 is 0.844 bits per heavy atom. The molecule has 0 saturated heterocycles. The highest BCUT2D eigenvalue weighted by molar-refractivity contribution is 7.90. The Morgan fingerprint density at radius 2 is 1.59 bits per heavy atom. The van der Waals surface area contributed by atoms with Gasteiger partial charge in [-0.3, -0.25) is 9.59 Å². The Kier molecular flexibility index (Phi) is 7.40. The molecule has 0 bridgehead atoms. The Hall–Kier alpha value is -3.07. The molecule has 0 spiro atoms. The molecule has 0 unspecified atom stereocenters.